The number of likely N-dealkylation sites (tertiary alicyclic amines) is 1. The van der Waals surface area contributed by atoms with E-state index < -0.39 is 0 Å². The largest absolute Gasteiger partial charge is 0.463 e. The average molecular weight is 458 g/mol. The zero-order chi connectivity index (χ0) is 24.4. The summed E-state index contributed by atoms with van der Waals surface area (Å²) < 4.78 is 5.75. The van der Waals surface area contributed by atoms with Crippen LogP contribution >= 0.6 is 0 Å². The lowest BCUT2D eigenvalue weighted by molar-refractivity contribution is -0.115. The van der Waals surface area contributed by atoms with Crippen molar-refractivity contribution in [3.05, 3.63) is 11.1 Å². The minimum atomic E-state index is -0.112. The van der Waals surface area contributed by atoms with Crippen LogP contribution in [0.25, 0.3) is 0 Å². The van der Waals surface area contributed by atoms with Crippen LogP contribution in [0.5, 0.6) is 6.01 Å². The summed E-state index contributed by atoms with van der Waals surface area (Å²) in [6.45, 7) is 6.75. The van der Waals surface area contributed by atoms with Gasteiger partial charge in [0.25, 0.3) is 0 Å². The Morgan fingerprint density at radius 3 is 2.35 bits per heavy atom. The molecule has 0 bridgehead atoms. The molecule has 8 nitrogen and oxygen atoms in total. The summed E-state index contributed by atoms with van der Waals surface area (Å²) in [6.07, 6.45) is 4.49. The highest BCUT2D eigenvalue weighted by Gasteiger charge is 2.29. The SMILES string of the molecule is Bc1c(B)c(CN2CCCC2)c(B)c(CN2CC(=O)Nc3c(N)nc(OCCCC)nc32)c1B. The first-order valence-electron chi connectivity index (χ1n) is 12.5. The van der Waals surface area contributed by atoms with E-state index in [4.69, 9.17) is 10.5 Å². The van der Waals surface area contributed by atoms with Crippen LogP contribution in [0.15, 0.2) is 0 Å². The van der Waals surface area contributed by atoms with Gasteiger partial charge in [0.2, 0.25) is 5.91 Å². The predicted octanol–water partition coefficient (Wildman–Crippen LogP) is -4.17. The highest BCUT2D eigenvalue weighted by molar-refractivity contribution is 6.60. The van der Waals surface area contributed by atoms with Crippen LogP contribution in [0.2, 0.25) is 0 Å². The van der Waals surface area contributed by atoms with Crippen LogP contribution in [0.1, 0.15) is 43.7 Å². The fourth-order valence-electron chi connectivity index (χ4n) is 5.03. The lowest BCUT2D eigenvalue weighted by Crippen LogP contribution is -2.51. The lowest BCUT2D eigenvalue weighted by Gasteiger charge is -2.33. The number of rotatable bonds is 8. The molecule has 0 spiro atoms. The van der Waals surface area contributed by atoms with E-state index in [2.05, 4.69) is 58.5 Å². The molecule has 0 atom stereocenters. The van der Waals surface area contributed by atoms with Crippen LogP contribution in [0, 0.1) is 0 Å². The number of carbonyl (C=O) groups excluding carboxylic acids is 1. The molecule has 0 aliphatic carbocycles. The van der Waals surface area contributed by atoms with Crippen molar-refractivity contribution in [1.29, 1.82) is 0 Å². The fourth-order valence-corrected chi connectivity index (χ4v) is 5.03. The number of nitrogens with one attached hydrogen (secondary N) is 1. The molecule has 0 saturated carbocycles. The maximum absolute atomic E-state index is 12.6. The van der Waals surface area contributed by atoms with E-state index in [0.29, 0.717) is 24.7 Å². The highest BCUT2D eigenvalue weighted by Crippen LogP contribution is 2.34. The van der Waals surface area contributed by atoms with Gasteiger partial charge in [-0.3, -0.25) is 9.69 Å². The first-order valence-corrected chi connectivity index (χ1v) is 12.5. The molecule has 0 radical (unpaired) electrons. The average Bonchev–Trinajstić information content (AvgIpc) is 3.32. The van der Waals surface area contributed by atoms with Gasteiger partial charge >= 0.3 is 6.01 Å². The van der Waals surface area contributed by atoms with Crippen molar-refractivity contribution in [3.63, 3.8) is 0 Å². The Hall–Kier alpha value is -2.61. The van der Waals surface area contributed by atoms with Crippen LogP contribution < -0.4 is 42.5 Å². The van der Waals surface area contributed by atoms with E-state index in [0.717, 1.165) is 32.5 Å². The van der Waals surface area contributed by atoms with Gasteiger partial charge in [0.15, 0.2) is 11.6 Å². The maximum atomic E-state index is 12.6. The molecular weight excluding hydrogens is 424 g/mol. The molecule has 3 heterocycles. The molecule has 2 aromatic rings. The Labute approximate surface area is 206 Å². The quantitative estimate of drug-likeness (QED) is 0.307. The zero-order valence-electron chi connectivity index (χ0n) is 21.3. The summed E-state index contributed by atoms with van der Waals surface area (Å²) in [6, 6.07) is 0.258. The molecule has 1 amide bonds. The van der Waals surface area contributed by atoms with Crippen molar-refractivity contribution in [2.45, 2.75) is 45.7 Å². The number of hydrogen-bond acceptors (Lipinski definition) is 7. The van der Waals surface area contributed by atoms with E-state index in [9.17, 15) is 4.79 Å². The predicted molar refractivity (Wildman–Crippen MR) is 150 cm³/mol. The summed E-state index contributed by atoms with van der Waals surface area (Å²) in [4.78, 5) is 26.0. The molecule has 3 N–H and O–H groups in total. The Bertz CT molecular complexity index is 1090. The van der Waals surface area contributed by atoms with Gasteiger partial charge in [-0.2, -0.15) is 9.97 Å². The van der Waals surface area contributed by atoms with Crippen LogP contribution in [0.4, 0.5) is 17.3 Å². The van der Waals surface area contributed by atoms with E-state index in [1.54, 1.807) is 0 Å². The fraction of sp³-hybridized carbons (Fsp3) is 0.500. The van der Waals surface area contributed by atoms with Crippen molar-refractivity contribution in [2.75, 3.05) is 42.2 Å². The lowest BCUT2D eigenvalue weighted by atomic mass is 9.64. The van der Waals surface area contributed by atoms with Crippen molar-refractivity contribution in [2.24, 2.45) is 0 Å². The summed E-state index contributed by atoms with van der Waals surface area (Å²) in [5, 5.41) is 2.85. The van der Waals surface area contributed by atoms with E-state index in [1.807, 2.05) is 4.90 Å². The molecule has 1 saturated heterocycles. The second kappa shape index (κ2) is 10.3. The van der Waals surface area contributed by atoms with Gasteiger partial charge in [-0.05, 0) is 43.5 Å². The minimum Gasteiger partial charge on any atom is -0.463 e. The van der Waals surface area contributed by atoms with Crippen LogP contribution in [-0.2, 0) is 17.9 Å². The molecule has 2 aliphatic heterocycles. The standard InChI is InChI=1S/C22H34B4N6O2/c1-2-3-8-34-22-29-20(27)19-21(30-22)32(11-14(33)28-19)10-13-15(23)12(9-31-6-4-5-7-31)16(24)18(26)17(13)25/h2-11,23-26H2,1H3,(H,28,33)(H2,27,29,30). The number of benzene rings is 1. The molecular formula is C22H34B4N6O2. The Kier molecular flexibility index (Phi) is 7.45. The topological polar surface area (TPSA) is 96.6 Å². The van der Waals surface area contributed by atoms with E-state index in [1.165, 1.54) is 45.8 Å². The molecule has 4 rings (SSSR count). The minimum absolute atomic E-state index is 0.112. The highest BCUT2D eigenvalue weighted by atomic mass is 16.5. The van der Waals surface area contributed by atoms with Gasteiger partial charge in [-0.15, -0.1) is 5.46 Å². The molecule has 176 valence electrons. The number of aromatic nitrogens is 2. The number of hydrogen-bond donors (Lipinski definition) is 2. The van der Waals surface area contributed by atoms with Crippen molar-refractivity contribution in [3.8, 4) is 6.01 Å². The smallest absolute Gasteiger partial charge is 0.320 e. The summed E-state index contributed by atoms with van der Waals surface area (Å²) in [5.41, 5.74) is 14.6. The van der Waals surface area contributed by atoms with E-state index >= 15 is 0 Å². The van der Waals surface area contributed by atoms with Crippen molar-refractivity contribution >= 4 is 76.5 Å². The number of amides is 1. The first kappa shape index (κ1) is 24.5. The van der Waals surface area contributed by atoms with Gasteiger partial charge in [-0.1, -0.05) is 29.7 Å². The van der Waals surface area contributed by atoms with Gasteiger partial charge in [0.05, 0.1) is 13.2 Å². The third-order valence-corrected chi connectivity index (χ3v) is 7.39. The monoisotopic (exact) mass is 458 g/mol. The van der Waals surface area contributed by atoms with Crippen LogP contribution in [0.3, 0.4) is 0 Å². The van der Waals surface area contributed by atoms with Crippen LogP contribution in [-0.4, -0.2) is 78.4 Å². The molecule has 2 aliphatic rings. The number of nitrogen functional groups attached to an aromatic ring is 1. The number of anilines is 3. The molecule has 1 aromatic carbocycles. The number of nitrogens with zero attached hydrogens (tertiary/aromatic N) is 4. The molecule has 1 fully saturated rings. The number of nitrogens with two attached hydrogens (primary N) is 1. The zero-order valence-corrected chi connectivity index (χ0v) is 21.3. The Morgan fingerprint density at radius 1 is 1.00 bits per heavy atom. The molecule has 0 unspecified atom stereocenters. The van der Waals surface area contributed by atoms with Gasteiger partial charge in [0, 0.05) is 13.1 Å². The van der Waals surface area contributed by atoms with Crippen molar-refractivity contribution in [1.82, 2.24) is 14.9 Å². The first-order chi connectivity index (χ1) is 16.3. The van der Waals surface area contributed by atoms with Crippen molar-refractivity contribution < 1.29 is 9.53 Å². The van der Waals surface area contributed by atoms with Gasteiger partial charge in [-0.25, -0.2) is 0 Å². The van der Waals surface area contributed by atoms with E-state index in [-0.39, 0.29) is 24.3 Å². The maximum Gasteiger partial charge on any atom is 0.320 e. The van der Waals surface area contributed by atoms with Gasteiger partial charge < -0.3 is 20.7 Å². The second-order valence-electron chi connectivity index (χ2n) is 9.64. The molecule has 34 heavy (non-hydrogen) atoms. The normalized spacial score (nSPS) is 15.9. The summed E-state index contributed by atoms with van der Waals surface area (Å²) >= 11 is 0. The Morgan fingerprint density at radius 2 is 1.68 bits per heavy atom. The number of fused-ring (bicyclic) bond motifs is 1. The number of unbranched alkanes of at least 4 members (excludes halogenated alkanes) is 1. The van der Waals surface area contributed by atoms with Gasteiger partial charge in [0.1, 0.15) is 37.1 Å². The Balaban J connectivity index is 1.70. The second-order valence-corrected chi connectivity index (χ2v) is 9.64. The third-order valence-electron chi connectivity index (χ3n) is 7.39. The molecule has 12 heteroatoms. The summed E-state index contributed by atoms with van der Waals surface area (Å²) in [5.74, 6) is 0.744. The third kappa shape index (κ3) is 4.92. The summed E-state index contributed by atoms with van der Waals surface area (Å²) in [7, 11) is 8.85. The number of ether oxygens (including phenoxy) is 1. The molecule has 1 aromatic heterocycles. The number of carbonyl (C=O) groups is 1.